The minimum absolute atomic E-state index is 0.169. The molecule has 2 amide bonds. The molecule has 7 nitrogen and oxygen atoms in total. The van der Waals surface area contributed by atoms with Crippen LogP contribution in [0.5, 0.6) is 17.2 Å². The van der Waals surface area contributed by atoms with Crippen LogP contribution in [-0.4, -0.2) is 36.2 Å². The summed E-state index contributed by atoms with van der Waals surface area (Å²) in [5, 5.41) is 3.99. The van der Waals surface area contributed by atoms with Crippen molar-refractivity contribution in [2.24, 2.45) is 0 Å². The SMILES string of the molecule is O=C(NCc1ccc2c(c1)OCO2)[C@@H](Cc1ccccc1)N(Cc1ccc(Cl)cc1)C(=O)COc1ccccc1Cl. The second kappa shape index (κ2) is 13.4. The highest BCUT2D eigenvalue weighted by atomic mass is 35.5. The second-order valence-electron chi connectivity index (χ2n) is 9.48. The van der Waals surface area contributed by atoms with Crippen molar-refractivity contribution in [2.45, 2.75) is 25.6 Å². The summed E-state index contributed by atoms with van der Waals surface area (Å²) >= 11 is 12.3. The number of amides is 2. The molecule has 9 heteroatoms. The van der Waals surface area contributed by atoms with E-state index in [-0.39, 0.29) is 38.3 Å². The van der Waals surface area contributed by atoms with Gasteiger partial charge in [-0.05, 0) is 53.1 Å². The Morgan fingerprint density at radius 3 is 2.32 bits per heavy atom. The molecule has 1 N–H and O–H groups in total. The van der Waals surface area contributed by atoms with E-state index in [1.54, 1.807) is 41.3 Å². The van der Waals surface area contributed by atoms with Gasteiger partial charge in [-0.2, -0.15) is 0 Å². The number of ether oxygens (including phenoxy) is 3. The molecule has 210 valence electrons. The molecule has 0 radical (unpaired) electrons. The van der Waals surface area contributed by atoms with Crippen LogP contribution in [-0.2, 0) is 29.1 Å². The third-order valence-corrected chi connectivity index (χ3v) is 7.19. The summed E-state index contributed by atoms with van der Waals surface area (Å²) in [7, 11) is 0. The molecule has 1 heterocycles. The number of fused-ring (bicyclic) bond motifs is 1. The maximum Gasteiger partial charge on any atom is 0.261 e. The van der Waals surface area contributed by atoms with Crippen LogP contribution in [0.1, 0.15) is 16.7 Å². The van der Waals surface area contributed by atoms with Gasteiger partial charge in [-0.15, -0.1) is 0 Å². The van der Waals surface area contributed by atoms with E-state index in [9.17, 15) is 9.59 Å². The highest BCUT2D eigenvalue weighted by Crippen LogP contribution is 2.32. The molecule has 1 aliphatic heterocycles. The Bertz CT molecular complexity index is 1500. The van der Waals surface area contributed by atoms with Gasteiger partial charge in [0.15, 0.2) is 18.1 Å². The zero-order chi connectivity index (χ0) is 28.6. The summed E-state index contributed by atoms with van der Waals surface area (Å²) in [6.45, 7) is 0.303. The largest absolute Gasteiger partial charge is 0.482 e. The lowest BCUT2D eigenvalue weighted by Gasteiger charge is -2.31. The normalized spacial score (nSPS) is 12.4. The summed E-state index contributed by atoms with van der Waals surface area (Å²) in [6.07, 6.45) is 0.305. The molecule has 1 aliphatic rings. The van der Waals surface area contributed by atoms with Crippen LogP contribution in [0.3, 0.4) is 0 Å². The lowest BCUT2D eigenvalue weighted by atomic mass is 10.0. The van der Waals surface area contributed by atoms with E-state index in [1.165, 1.54) is 0 Å². The van der Waals surface area contributed by atoms with E-state index in [0.29, 0.717) is 33.7 Å². The van der Waals surface area contributed by atoms with Gasteiger partial charge in [0.25, 0.3) is 5.91 Å². The van der Waals surface area contributed by atoms with E-state index >= 15 is 0 Å². The third-order valence-electron chi connectivity index (χ3n) is 6.63. The number of hydrogen-bond acceptors (Lipinski definition) is 5. The first kappa shape index (κ1) is 28.3. The van der Waals surface area contributed by atoms with Crippen LogP contribution in [0.15, 0.2) is 97.1 Å². The molecular weight excluding hydrogens is 563 g/mol. The maximum absolute atomic E-state index is 13.8. The molecule has 0 fully saturated rings. The zero-order valence-electron chi connectivity index (χ0n) is 22.1. The monoisotopic (exact) mass is 590 g/mol. The molecule has 0 saturated heterocycles. The molecule has 0 aromatic heterocycles. The predicted molar refractivity (Wildman–Crippen MR) is 157 cm³/mol. The van der Waals surface area contributed by atoms with E-state index in [0.717, 1.165) is 16.7 Å². The van der Waals surface area contributed by atoms with E-state index in [1.807, 2.05) is 60.7 Å². The number of halogens is 2. The van der Waals surface area contributed by atoms with E-state index in [4.69, 9.17) is 37.4 Å². The number of nitrogens with zero attached hydrogens (tertiary/aromatic N) is 1. The minimum Gasteiger partial charge on any atom is -0.482 e. The highest BCUT2D eigenvalue weighted by molar-refractivity contribution is 6.32. The summed E-state index contributed by atoms with van der Waals surface area (Å²) in [4.78, 5) is 29.1. The Balaban J connectivity index is 1.40. The Hall–Kier alpha value is -4.20. The zero-order valence-corrected chi connectivity index (χ0v) is 23.6. The first-order valence-electron chi connectivity index (χ1n) is 13.1. The fourth-order valence-corrected chi connectivity index (χ4v) is 4.80. The molecule has 0 spiro atoms. The average molecular weight is 591 g/mol. The molecule has 0 saturated carbocycles. The first-order chi connectivity index (χ1) is 20.0. The summed E-state index contributed by atoms with van der Waals surface area (Å²) in [5.74, 6) is 1.03. The highest BCUT2D eigenvalue weighted by Gasteiger charge is 2.31. The molecule has 0 bridgehead atoms. The fraction of sp³-hybridized carbons (Fsp3) is 0.188. The Labute approximate surface area is 248 Å². The van der Waals surface area contributed by atoms with Crippen molar-refractivity contribution in [1.82, 2.24) is 10.2 Å². The van der Waals surface area contributed by atoms with Crippen molar-refractivity contribution in [2.75, 3.05) is 13.4 Å². The molecule has 4 aromatic rings. The van der Waals surface area contributed by atoms with Gasteiger partial charge in [0.05, 0.1) is 5.02 Å². The van der Waals surface area contributed by atoms with Gasteiger partial charge in [-0.25, -0.2) is 0 Å². The molecule has 0 aliphatic carbocycles. The molecule has 41 heavy (non-hydrogen) atoms. The van der Waals surface area contributed by atoms with Crippen molar-refractivity contribution in [1.29, 1.82) is 0 Å². The predicted octanol–water partition coefficient (Wildman–Crippen LogP) is 6.06. The summed E-state index contributed by atoms with van der Waals surface area (Å²) in [5.41, 5.74) is 2.58. The smallest absolute Gasteiger partial charge is 0.261 e. The van der Waals surface area contributed by atoms with E-state index < -0.39 is 6.04 Å². The van der Waals surface area contributed by atoms with Crippen molar-refractivity contribution < 1.29 is 23.8 Å². The standard InChI is InChI=1S/C32H28Cl2N2O5/c33-25-13-10-23(11-14-25)19-36(31(37)20-39-28-9-5-4-8-26(28)34)27(16-22-6-2-1-3-7-22)32(38)35-18-24-12-15-29-30(17-24)41-21-40-29/h1-15,17,27H,16,18-21H2,(H,35,38)/t27-/m1/s1. The lowest BCUT2D eigenvalue weighted by Crippen LogP contribution is -2.51. The Morgan fingerprint density at radius 1 is 0.829 bits per heavy atom. The third kappa shape index (κ3) is 7.51. The average Bonchev–Trinajstić information content (AvgIpc) is 3.47. The number of nitrogens with one attached hydrogen (secondary N) is 1. The number of benzene rings is 4. The molecular formula is C32H28Cl2N2O5. The molecule has 5 rings (SSSR count). The van der Waals surface area contributed by atoms with Crippen LogP contribution in [0.4, 0.5) is 0 Å². The van der Waals surface area contributed by atoms with Crippen LogP contribution < -0.4 is 19.5 Å². The van der Waals surface area contributed by atoms with Gasteiger partial charge < -0.3 is 24.4 Å². The van der Waals surface area contributed by atoms with Gasteiger partial charge in [0.1, 0.15) is 11.8 Å². The Kier molecular flexibility index (Phi) is 9.29. The number of carbonyl (C=O) groups excluding carboxylic acids is 2. The van der Waals surface area contributed by atoms with Crippen molar-refractivity contribution in [3.05, 3.63) is 124 Å². The van der Waals surface area contributed by atoms with Crippen LogP contribution >= 0.6 is 23.2 Å². The van der Waals surface area contributed by atoms with E-state index in [2.05, 4.69) is 5.32 Å². The van der Waals surface area contributed by atoms with Crippen LogP contribution in [0.2, 0.25) is 10.0 Å². The number of carbonyl (C=O) groups is 2. The van der Waals surface area contributed by atoms with Crippen LogP contribution in [0.25, 0.3) is 0 Å². The van der Waals surface area contributed by atoms with Gasteiger partial charge in [-0.3, -0.25) is 9.59 Å². The lowest BCUT2D eigenvalue weighted by molar-refractivity contribution is -0.142. The van der Waals surface area contributed by atoms with Crippen molar-refractivity contribution in [3.8, 4) is 17.2 Å². The minimum atomic E-state index is -0.829. The van der Waals surface area contributed by atoms with Gasteiger partial charge in [-0.1, -0.05) is 83.9 Å². The quantitative estimate of drug-likeness (QED) is 0.230. The molecule has 0 unspecified atom stereocenters. The number of para-hydroxylation sites is 1. The van der Waals surface area contributed by atoms with Gasteiger partial charge >= 0.3 is 0 Å². The molecule has 4 aromatic carbocycles. The fourth-order valence-electron chi connectivity index (χ4n) is 4.48. The van der Waals surface area contributed by atoms with Crippen LogP contribution in [0, 0.1) is 0 Å². The second-order valence-corrected chi connectivity index (χ2v) is 10.3. The van der Waals surface area contributed by atoms with Crippen molar-refractivity contribution in [3.63, 3.8) is 0 Å². The maximum atomic E-state index is 13.8. The molecule has 1 atom stereocenters. The first-order valence-corrected chi connectivity index (χ1v) is 13.8. The summed E-state index contributed by atoms with van der Waals surface area (Å²) in [6, 6.07) is 28.4. The van der Waals surface area contributed by atoms with Gasteiger partial charge in [0.2, 0.25) is 12.7 Å². The summed E-state index contributed by atoms with van der Waals surface area (Å²) < 4.78 is 16.6. The number of rotatable bonds is 11. The number of hydrogen-bond donors (Lipinski definition) is 1. The van der Waals surface area contributed by atoms with Crippen molar-refractivity contribution >= 4 is 35.0 Å². The van der Waals surface area contributed by atoms with Gasteiger partial charge in [0, 0.05) is 24.5 Å². The Morgan fingerprint density at radius 2 is 1.54 bits per heavy atom. The topological polar surface area (TPSA) is 77.1 Å².